The van der Waals surface area contributed by atoms with Gasteiger partial charge in [-0.05, 0) is 43.6 Å². The molecule has 1 aliphatic rings. The van der Waals surface area contributed by atoms with E-state index in [1.807, 2.05) is 30.3 Å². The standard InChI is InChI=1S/C23H29N3O4/c1-29-19-8-9-20(21(14-19)30-2)25-22(27)16-26-12-10-18(11-13-26)23(28)24-15-17-6-4-3-5-7-17/h3-9,14,18H,10-13,15-16H2,1-2H3,(H,24,28)(H,25,27). The number of anilines is 1. The molecule has 0 spiro atoms. The summed E-state index contributed by atoms with van der Waals surface area (Å²) in [5, 5.41) is 5.91. The monoisotopic (exact) mass is 411 g/mol. The van der Waals surface area contributed by atoms with Crippen LogP contribution in [0.1, 0.15) is 18.4 Å². The Morgan fingerprint density at radius 2 is 1.77 bits per heavy atom. The molecule has 0 unspecified atom stereocenters. The summed E-state index contributed by atoms with van der Waals surface area (Å²) in [6.07, 6.45) is 1.50. The zero-order valence-corrected chi connectivity index (χ0v) is 17.5. The SMILES string of the molecule is COc1ccc(NC(=O)CN2CCC(C(=O)NCc3ccccc3)CC2)c(OC)c1. The number of amides is 2. The van der Waals surface area contributed by atoms with E-state index in [4.69, 9.17) is 9.47 Å². The first-order chi connectivity index (χ1) is 14.6. The number of hydrogen-bond donors (Lipinski definition) is 2. The lowest BCUT2D eigenvalue weighted by Crippen LogP contribution is -2.43. The lowest BCUT2D eigenvalue weighted by molar-refractivity contribution is -0.126. The minimum atomic E-state index is -0.106. The van der Waals surface area contributed by atoms with Crippen LogP contribution >= 0.6 is 0 Å². The van der Waals surface area contributed by atoms with Crippen molar-refractivity contribution in [1.29, 1.82) is 0 Å². The van der Waals surface area contributed by atoms with E-state index in [2.05, 4.69) is 15.5 Å². The highest BCUT2D eigenvalue weighted by Crippen LogP contribution is 2.29. The largest absolute Gasteiger partial charge is 0.497 e. The second kappa shape index (κ2) is 10.6. The number of rotatable bonds is 8. The number of nitrogens with one attached hydrogen (secondary N) is 2. The molecule has 2 N–H and O–H groups in total. The maximum Gasteiger partial charge on any atom is 0.238 e. The molecule has 0 saturated carbocycles. The van der Waals surface area contributed by atoms with Crippen molar-refractivity contribution in [3.05, 3.63) is 54.1 Å². The van der Waals surface area contributed by atoms with Crippen LogP contribution in [-0.2, 0) is 16.1 Å². The molecule has 0 aliphatic carbocycles. The molecule has 2 aromatic rings. The predicted molar refractivity (Wildman–Crippen MR) is 116 cm³/mol. The Kier molecular flexibility index (Phi) is 7.68. The van der Waals surface area contributed by atoms with Crippen molar-refractivity contribution in [2.24, 2.45) is 5.92 Å². The molecular weight excluding hydrogens is 382 g/mol. The average molecular weight is 412 g/mol. The molecule has 0 atom stereocenters. The van der Waals surface area contributed by atoms with Gasteiger partial charge in [0.2, 0.25) is 11.8 Å². The number of likely N-dealkylation sites (tertiary alicyclic amines) is 1. The molecule has 0 aromatic heterocycles. The molecule has 2 amide bonds. The van der Waals surface area contributed by atoms with Crippen molar-refractivity contribution in [3.8, 4) is 11.5 Å². The molecule has 1 fully saturated rings. The number of hydrogen-bond acceptors (Lipinski definition) is 5. The van der Waals surface area contributed by atoms with Crippen LogP contribution in [0.5, 0.6) is 11.5 Å². The van der Waals surface area contributed by atoms with Gasteiger partial charge >= 0.3 is 0 Å². The molecule has 3 rings (SSSR count). The Morgan fingerprint density at radius 1 is 1.03 bits per heavy atom. The first kappa shape index (κ1) is 21.6. The number of methoxy groups -OCH3 is 2. The molecule has 1 aliphatic heterocycles. The van der Waals surface area contributed by atoms with Gasteiger partial charge in [-0.25, -0.2) is 0 Å². The summed E-state index contributed by atoms with van der Waals surface area (Å²) in [5.74, 6) is 1.19. The van der Waals surface area contributed by atoms with Gasteiger partial charge in [0, 0.05) is 18.5 Å². The quantitative estimate of drug-likeness (QED) is 0.698. The highest BCUT2D eigenvalue weighted by molar-refractivity contribution is 5.93. The smallest absolute Gasteiger partial charge is 0.238 e. The number of nitrogens with zero attached hydrogens (tertiary/aromatic N) is 1. The van der Waals surface area contributed by atoms with Gasteiger partial charge in [-0.15, -0.1) is 0 Å². The van der Waals surface area contributed by atoms with Gasteiger partial charge in [0.1, 0.15) is 11.5 Å². The average Bonchev–Trinajstić information content (AvgIpc) is 2.79. The Balaban J connectivity index is 1.43. The van der Waals surface area contributed by atoms with Crippen molar-refractivity contribution in [1.82, 2.24) is 10.2 Å². The van der Waals surface area contributed by atoms with Crippen LogP contribution in [0, 0.1) is 5.92 Å². The van der Waals surface area contributed by atoms with E-state index < -0.39 is 0 Å². The van der Waals surface area contributed by atoms with E-state index in [-0.39, 0.29) is 24.3 Å². The Labute approximate surface area is 177 Å². The molecule has 7 heteroatoms. The van der Waals surface area contributed by atoms with Gasteiger partial charge in [-0.3, -0.25) is 14.5 Å². The minimum Gasteiger partial charge on any atom is -0.497 e. The maximum absolute atomic E-state index is 12.5. The lowest BCUT2D eigenvalue weighted by atomic mass is 9.96. The first-order valence-electron chi connectivity index (χ1n) is 10.1. The summed E-state index contributed by atoms with van der Waals surface area (Å²) in [6.45, 7) is 2.27. The number of carbonyl (C=O) groups excluding carboxylic acids is 2. The van der Waals surface area contributed by atoms with Gasteiger partial charge in [0.15, 0.2) is 0 Å². The third kappa shape index (κ3) is 5.97. The molecule has 30 heavy (non-hydrogen) atoms. The van der Waals surface area contributed by atoms with Gasteiger partial charge < -0.3 is 20.1 Å². The van der Waals surface area contributed by atoms with Crippen LogP contribution in [0.15, 0.2) is 48.5 Å². The lowest BCUT2D eigenvalue weighted by Gasteiger charge is -2.30. The van der Waals surface area contributed by atoms with Crippen molar-refractivity contribution < 1.29 is 19.1 Å². The van der Waals surface area contributed by atoms with Crippen LogP contribution < -0.4 is 20.1 Å². The number of benzene rings is 2. The van der Waals surface area contributed by atoms with Gasteiger partial charge in [0.25, 0.3) is 0 Å². The molecule has 160 valence electrons. The Bertz CT molecular complexity index is 849. The summed E-state index contributed by atoms with van der Waals surface area (Å²) >= 11 is 0. The van der Waals surface area contributed by atoms with E-state index >= 15 is 0 Å². The zero-order chi connectivity index (χ0) is 21.3. The van der Waals surface area contributed by atoms with Crippen LogP contribution in [-0.4, -0.2) is 50.6 Å². The van der Waals surface area contributed by atoms with Gasteiger partial charge in [0.05, 0.1) is 26.5 Å². The first-order valence-corrected chi connectivity index (χ1v) is 10.1. The van der Waals surface area contributed by atoms with Crippen molar-refractivity contribution in [2.45, 2.75) is 19.4 Å². The van der Waals surface area contributed by atoms with Crippen LogP contribution in [0.25, 0.3) is 0 Å². The van der Waals surface area contributed by atoms with E-state index in [9.17, 15) is 9.59 Å². The van der Waals surface area contributed by atoms with Gasteiger partial charge in [-0.2, -0.15) is 0 Å². The Morgan fingerprint density at radius 3 is 2.43 bits per heavy atom. The number of piperidine rings is 1. The maximum atomic E-state index is 12.5. The highest BCUT2D eigenvalue weighted by atomic mass is 16.5. The van der Waals surface area contributed by atoms with Crippen LogP contribution in [0.4, 0.5) is 5.69 Å². The second-order valence-electron chi connectivity index (χ2n) is 7.37. The minimum absolute atomic E-state index is 0.00490. The summed E-state index contributed by atoms with van der Waals surface area (Å²) < 4.78 is 10.5. The fourth-order valence-corrected chi connectivity index (χ4v) is 3.58. The topological polar surface area (TPSA) is 79.9 Å². The van der Waals surface area contributed by atoms with Crippen molar-refractivity contribution in [3.63, 3.8) is 0 Å². The predicted octanol–water partition coefficient (Wildman–Crippen LogP) is 2.67. The van der Waals surface area contributed by atoms with E-state index in [1.165, 1.54) is 0 Å². The molecule has 2 aromatic carbocycles. The van der Waals surface area contributed by atoms with Crippen molar-refractivity contribution in [2.75, 3.05) is 39.2 Å². The van der Waals surface area contributed by atoms with Crippen molar-refractivity contribution >= 4 is 17.5 Å². The Hall–Kier alpha value is -3.06. The van der Waals surface area contributed by atoms with Crippen LogP contribution in [0.3, 0.4) is 0 Å². The summed E-state index contributed by atoms with van der Waals surface area (Å²) in [5.41, 5.74) is 1.70. The third-order valence-corrected chi connectivity index (χ3v) is 5.32. The summed E-state index contributed by atoms with van der Waals surface area (Å²) in [4.78, 5) is 27.0. The fraction of sp³-hybridized carbons (Fsp3) is 0.391. The second-order valence-corrected chi connectivity index (χ2v) is 7.37. The molecule has 1 saturated heterocycles. The molecule has 1 heterocycles. The molecule has 7 nitrogen and oxygen atoms in total. The summed E-state index contributed by atoms with van der Waals surface area (Å²) in [7, 11) is 3.14. The number of carbonyl (C=O) groups is 2. The highest BCUT2D eigenvalue weighted by Gasteiger charge is 2.26. The zero-order valence-electron chi connectivity index (χ0n) is 17.5. The van der Waals surface area contributed by atoms with Gasteiger partial charge in [-0.1, -0.05) is 30.3 Å². The molecular formula is C23H29N3O4. The van der Waals surface area contributed by atoms with Crippen LogP contribution in [0.2, 0.25) is 0 Å². The fourth-order valence-electron chi connectivity index (χ4n) is 3.58. The van der Waals surface area contributed by atoms with E-state index in [0.29, 0.717) is 23.7 Å². The molecule has 0 radical (unpaired) electrons. The molecule has 0 bridgehead atoms. The third-order valence-electron chi connectivity index (χ3n) is 5.32. The van der Waals surface area contributed by atoms with E-state index in [1.54, 1.807) is 32.4 Å². The normalized spacial score (nSPS) is 14.7. The number of ether oxygens (including phenoxy) is 2. The summed E-state index contributed by atoms with van der Waals surface area (Å²) in [6, 6.07) is 15.2. The van der Waals surface area contributed by atoms with E-state index in [0.717, 1.165) is 31.5 Å².